The number of carbonyl (C=O) groups is 1. The van der Waals surface area contributed by atoms with E-state index in [4.69, 9.17) is 9.47 Å². The van der Waals surface area contributed by atoms with Crippen LogP contribution in [0.2, 0.25) is 0 Å². The Hall–Kier alpha value is -2.98. The molecule has 0 aliphatic heterocycles. The highest BCUT2D eigenvalue weighted by atomic mass is 19.1. The molecule has 3 aromatic rings. The molecule has 3 nitrogen and oxygen atoms in total. The van der Waals surface area contributed by atoms with Crippen LogP contribution in [-0.2, 0) is 17.8 Å². The fourth-order valence-electron chi connectivity index (χ4n) is 4.82. The summed E-state index contributed by atoms with van der Waals surface area (Å²) in [5.74, 6) is -0.191. The van der Waals surface area contributed by atoms with Gasteiger partial charge in [0.2, 0.25) is 0 Å². The Morgan fingerprint density at radius 2 is 1.38 bits per heavy atom. The fraction of sp³-hybridized carbons (Fsp3) is 0.472. The van der Waals surface area contributed by atoms with Crippen LogP contribution in [0, 0.1) is 5.82 Å². The maximum atomic E-state index is 14.8. The molecule has 1 atom stereocenters. The molecule has 4 heteroatoms. The fourth-order valence-corrected chi connectivity index (χ4v) is 4.82. The van der Waals surface area contributed by atoms with Crippen LogP contribution in [0.3, 0.4) is 0 Å². The number of hydrogen-bond donors (Lipinski definition) is 0. The van der Waals surface area contributed by atoms with Crippen molar-refractivity contribution >= 4 is 5.97 Å². The van der Waals surface area contributed by atoms with Gasteiger partial charge in [-0.15, -0.1) is 0 Å². The average Bonchev–Trinajstić information content (AvgIpc) is 2.97. The summed E-state index contributed by atoms with van der Waals surface area (Å²) in [5.41, 5.74) is 3.97. The second-order valence-electron chi connectivity index (χ2n) is 10.9. The Bertz CT molecular complexity index is 1140. The van der Waals surface area contributed by atoms with Crippen molar-refractivity contribution in [3.05, 3.63) is 89.2 Å². The van der Waals surface area contributed by atoms with E-state index in [2.05, 4.69) is 20.8 Å². The predicted octanol–water partition coefficient (Wildman–Crippen LogP) is 10.5. The molecule has 0 saturated heterocycles. The van der Waals surface area contributed by atoms with E-state index in [1.165, 1.54) is 63.4 Å². The topological polar surface area (TPSA) is 35.5 Å². The molecule has 40 heavy (non-hydrogen) atoms. The van der Waals surface area contributed by atoms with Gasteiger partial charge in [-0.25, -0.2) is 9.18 Å². The monoisotopic (exact) mass is 546 g/mol. The van der Waals surface area contributed by atoms with E-state index in [1.807, 2.05) is 42.5 Å². The van der Waals surface area contributed by atoms with Gasteiger partial charge in [0, 0.05) is 5.56 Å². The minimum atomic E-state index is -0.381. The maximum absolute atomic E-state index is 14.8. The second kappa shape index (κ2) is 17.7. The first-order valence-corrected chi connectivity index (χ1v) is 15.3. The van der Waals surface area contributed by atoms with Gasteiger partial charge in [0.15, 0.2) is 0 Å². The minimum Gasteiger partial charge on any atom is -0.423 e. The molecular weight excluding hydrogens is 499 g/mol. The zero-order chi connectivity index (χ0) is 28.6. The summed E-state index contributed by atoms with van der Waals surface area (Å²) in [6, 6.07) is 20.1. The Kier molecular flexibility index (Phi) is 13.9. The molecule has 3 aromatic carbocycles. The third-order valence-electron chi connectivity index (χ3n) is 7.45. The number of ether oxygens (including phenoxy) is 2. The van der Waals surface area contributed by atoms with Gasteiger partial charge in [0.05, 0.1) is 18.3 Å². The zero-order valence-corrected chi connectivity index (χ0v) is 24.7. The van der Waals surface area contributed by atoms with E-state index < -0.39 is 0 Å². The lowest BCUT2D eigenvalue weighted by Crippen LogP contribution is -2.09. The Morgan fingerprint density at radius 1 is 0.750 bits per heavy atom. The van der Waals surface area contributed by atoms with Gasteiger partial charge in [0.25, 0.3) is 0 Å². The number of carbonyl (C=O) groups excluding carboxylic acids is 1. The van der Waals surface area contributed by atoms with Crippen molar-refractivity contribution in [3.8, 4) is 16.9 Å². The third-order valence-corrected chi connectivity index (χ3v) is 7.45. The highest BCUT2D eigenvalue weighted by Crippen LogP contribution is 2.26. The number of rotatable bonds is 18. The Labute approximate surface area is 241 Å². The summed E-state index contributed by atoms with van der Waals surface area (Å²) in [5, 5.41) is 0. The lowest BCUT2D eigenvalue weighted by molar-refractivity contribution is 0.0443. The molecule has 0 radical (unpaired) electrons. The van der Waals surface area contributed by atoms with Crippen LogP contribution in [0.1, 0.15) is 113 Å². The number of aryl methyl sites for hydroxylation is 1. The highest BCUT2D eigenvalue weighted by molar-refractivity contribution is 5.91. The molecule has 0 amide bonds. The SMILES string of the molecule is CCCCCCCCc1ccc(C(=O)Oc2ccc(-c3ccc(CO[C@H](C)CCCCCC)c(F)c3)cc2)cc1. The molecule has 0 saturated carbocycles. The van der Waals surface area contributed by atoms with E-state index in [0.29, 0.717) is 16.9 Å². The summed E-state index contributed by atoms with van der Waals surface area (Å²) in [6.07, 6.45) is 14.6. The van der Waals surface area contributed by atoms with Crippen molar-refractivity contribution in [1.29, 1.82) is 0 Å². The van der Waals surface area contributed by atoms with Gasteiger partial charge in [-0.3, -0.25) is 0 Å². The lowest BCUT2D eigenvalue weighted by atomic mass is 10.0. The van der Waals surface area contributed by atoms with Crippen molar-refractivity contribution in [1.82, 2.24) is 0 Å². The van der Waals surface area contributed by atoms with E-state index >= 15 is 0 Å². The van der Waals surface area contributed by atoms with Crippen LogP contribution in [-0.4, -0.2) is 12.1 Å². The largest absolute Gasteiger partial charge is 0.423 e. The van der Waals surface area contributed by atoms with Crippen LogP contribution in [0.4, 0.5) is 4.39 Å². The lowest BCUT2D eigenvalue weighted by Gasteiger charge is -2.14. The highest BCUT2D eigenvalue weighted by Gasteiger charge is 2.11. The molecule has 0 aromatic heterocycles. The van der Waals surface area contributed by atoms with Gasteiger partial charge in [-0.05, 0) is 73.2 Å². The normalized spacial score (nSPS) is 11.9. The second-order valence-corrected chi connectivity index (χ2v) is 10.9. The standard InChI is InChI=1S/C36H47FO3/c1-4-6-8-10-11-13-15-29-16-18-31(19-17-29)36(38)40-34-24-22-30(23-25-34)32-20-21-33(35(37)26-32)27-39-28(3)14-12-9-7-5-2/h16-26,28H,4-15,27H2,1-3H3/t28-/m1/s1. The molecule has 0 bridgehead atoms. The Morgan fingerprint density at radius 3 is 2.05 bits per heavy atom. The van der Waals surface area contributed by atoms with Crippen LogP contribution in [0.15, 0.2) is 66.7 Å². The first-order valence-electron chi connectivity index (χ1n) is 15.3. The van der Waals surface area contributed by atoms with Crippen LogP contribution in [0.5, 0.6) is 5.75 Å². The number of unbranched alkanes of at least 4 members (excludes halogenated alkanes) is 8. The van der Waals surface area contributed by atoms with E-state index in [1.54, 1.807) is 24.3 Å². The van der Waals surface area contributed by atoms with Gasteiger partial charge < -0.3 is 9.47 Å². The molecule has 0 unspecified atom stereocenters. The zero-order valence-electron chi connectivity index (χ0n) is 24.7. The molecule has 0 heterocycles. The quantitative estimate of drug-likeness (QED) is 0.0904. The van der Waals surface area contributed by atoms with Crippen LogP contribution in [0.25, 0.3) is 11.1 Å². The molecule has 0 aliphatic carbocycles. The predicted molar refractivity (Wildman–Crippen MR) is 163 cm³/mol. The van der Waals surface area contributed by atoms with Gasteiger partial charge in [0.1, 0.15) is 11.6 Å². The molecular formula is C36H47FO3. The van der Waals surface area contributed by atoms with Crippen molar-refractivity contribution in [2.45, 2.75) is 111 Å². The van der Waals surface area contributed by atoms with Crippen molar-refractivity contribution < 1.29 is 18.7 Å². The summed E-state index contributed by atoms with van der Waals surface area (Å²) in [7, 11) is 0. The number of benzene rings is 3. The smallest absolute Gasteiger partial charge is 0.343 e. The Balaban J connectivity index is 1.47. The van der Waals surface area contributed by atoms with E-state index in [0.717, 1.165) is 30.4 Å². The number of hydrogen-bond acceptors (Lipinski definition) is 3. The molecule has 0 spiro atoms. The average molecular weight is 547 g/mol. The van der Waals surface area contributed by atoms with Gasteiger partial charge in [-0.2, -0.15) is 0 Å². The molecule has 216 valence electrons. The third kappa shape index (κ3) is 10.9. The van der Waals surface area contributed by atoms with E-state index in [-0.39, 0.29) is 24.5 Å². The minimum absolute atomic E-state index is 0.120. The van der Waals surface area contributed by atoms with Crippen molar-refractivity contribution in [2.75, 3.05) is 0 Å². The van der Waals surface area contributed by atoms with Crippen molar-refractivity contribution in [2.24, 2.45) is 0 Å². The summed E-state index contributed by atoms with van der Waals surface area (Å²) in [4.78, 5) is 12.6. The van der Waals surface area contributed by atoms with Crippen LogP contribution < -0.4 is 4.74 Å². The number of halogens is 1. The summed E-state index contributed by atoms with van der Waals surface area (Å²) in [6.45, 7) is 6.76. The van der Waals surface area contributed by atoms with Crippen LogP contribution >= 0.6 is 0 Å². The first-order chi connectivity index (χ1) is 19.5. The summed E-state index contributed by atoms with van der Waals surface area (Å²) < 4.78 is 26.2. The molecule has 0 aliphatic rings. The van der Waals surface area contributed by atoms with Gasteiger partial charge >= 0.3 is 5.97 Å². The van der Waals surface area contributed by atoms with Crippen molar-refractivity contribution in [3.63, 3.8) is 0 Å². The first kappa shape index (κ1) is 31.5. The number of esters is 1. The molecule has 0 N–H and O–H groups in total. The molecule has 0 fully saturated rings. The van der Waals surface area contributed by atoms with Gasteiger partial charge in [-0.1, -0.05) is 108 Å². The molecule has 3 rings (SSSR count). The maximum Gasteiger partial charge on any atom is 0.343 e. The van der Waals surface area contributed by atoms with E-state index in [9.17, 15) is 9.18 Å². The summed E-state index contributed by atoms with van der Waals surface area (Å²) >= 11 is 0.